The minimum Gasteiger partial charge on any atom is -0.454 e. The van der Waals surface area contributed by atoms with Gasteiger partial charge in [-0.3, -0.25) is 0 Å². The van der Waals surface area contributed by atoms with E-state index in [0.717, 1.165) is 22.9 Å². The minimum absolute atomic E-state index is 0.0435. The number of rotatable bonds is 5. The van der Waals surface area contributed by atoms with Crippen molar-refractivity contribution in [3.8, 4) is 44.9 Å². The summed E-state index contributed by atoms with van der Waals surface area (Å²) >= 11 is 1.88. The molecule has 0 saturated carbocycles. The monoisotopic (exact) mass is 980 g/mol. The molecule has 3 aliphatic heterocycles. The number of benzene rings is 9. The smallest absolute Gasteiger partial charge is 0.252 e. The lowest BCUT2D eigenvalue weighted by Crippen LogP contribution is -2.61. The van der Waals surface area contributed by atoms with Crippen LogP contribution >= 0.6 is 11.3 Å². The highest BCUT2D eigenvalue weighted by molar-refractivity contribution is 7.25. The van der Waals surface area contributed by atoms with Gasteiger partial charge in [-0.25, -0.2) is 0 Å². The number of nitrogens with zero attached hydrogens (tertiary/aromatic N) is 2. The van der Waals surface area contributed by atoms with Crippen molar-refractivity contribution in [2.45, 2.75) is 85.5 Å². The molecule has 0 amide bonds. The standard InChI is InChI=1S/C68H61BN2O2S/c1-41-31-59-65-60(32-41)71(52-34-46(42-15-21-48(22-16-42)66(2,3)4)33-47(35-52)43-17-23-49(24-18-43)67(5,6)7)57-28-20-44(45-19-27-54-53-13-11-12-14-63(53)74-64(54)37-45)36-55(57)69(65)56-38-50(68(8,9)10)25-29-58(56)70(59)51-26-30-61-62(39-51)73-40-72-61/h11-39H,40H2,1-10H3. The Kier molecular flexibility index (Phi) is 10.5. The second kappa shape index (κ2) is 16.7. The van der Waals surface area contributed by atoms with Crippen molar-refractivity contribution in [2.75, 3.05) is 16.6 Å². The van der Waals surface area contributed by atoms with E-state index in [4.69, 9.17) is 9.47 Å². The van der Waals surface area contributed by atoms with Crippen LogP contribution in [0.4, 0.5) is 34.1 Å². The predicted molar refractivity (Wildman–Crippen MR) is 317 cm³/mol. The summed E-state index contributed by atoms with van der Waals surface area (Å²) in [5, 5.41) is 2.63. The Bertz CT molecular complexity index is 3830. The van der Waals surface area contributed by atoms with Gasteiger partial charge in [0.2, 0.25) is 6.79 Å². The zero-order chi connectivity index (χ0) is 51.0. The summed E-state index contributed by atoms with van der Waals surface area (Å²) in [5.41, 5.74) is 23.0. The molecule has 4 nitrogen and oxygen atoms in total. The average molecular weight is 981 g/mol. The lowest BCUT2D eigenvalue weighted by atomic mass is 9.33. The van der Waals surface area contributed by atoms with Crippen LogP contribution in [0.2, 0.25) is 0 Å². The van der Waals surface area contributed by atoms with E-state index in [9.17, 15) is 0 Å². The first kappa shape index (κ1) is 46.3. The highest BCUT2D eigenvalue weighted by atomic mass is 32.1. The Morgan fingerprint density at radius 1 is 0.405 bits per heavy atom. The minimum atomic E-state index is -0.0763. The lowest BCUT2D eigenvalue weighted by molar-refractivity contribution is 0.174. The van der Waals surface area contributed by atoms with Crippen molar-refractivity contribution in [2.24, 2.45) is 0 Å². The van der Waals surface area contributed by atoms with Crippen LogP contribution in [0.1, 0.15) is 84.6 Å². The van der Waals surface area contributed by atoms with Crippen LogP contribution in [0, 0.1) is 6.92 Å². The van der Waals surface area contributed by atoms with Gasteiger partial charge in [-0.05, 0) is 162 Å². The van der Waals surface area contributed by atoms with Crippen LogP contribution in [-0.4, -0.2) is 13.5 Å². The third-order valence-corrected chi connectivity index (χ3v) is 16.9. The summed E-state index contributed by atoms with van der Waals surface area (Å²) in [5.74, 6) is 1.54. The number of thiophene rings is 1. The summed E-state index contributed by atoms with van der Waals surface area (Å²) in [6.45, 7) is 23.1. The van der Waals surface area contributed by atoms with Crippen LogP contribution in [-0.2, 0) is 16.2 Å². The maximum atomic E-state index is 6.08. The van der Waals surface area contributed by atoms with Crippen LogP contribution in [0.5, 0.6) is 11.5 Å². The van der Waals surface area contributed by atoms with Crippen molar-refractivity contribution >= 4 is 88.7 Å². The van der Waals surface area contributed by atoms with E-state index in [0.29, 0.717) is 0 Å². The van der Waals surface area contributed by atoms with E-state index < -0.39 is 0 Å². The molecule has 10 aromatic rings. The Morgan fingerprint density at radius 3 is 1.58 bits per heavy atom. The van der Waals surface area contributed by atoms with Crippen LogP contribution in [0.3, 0.4) is 0 Å². The van der Waals surface area contributed by atoms with Crippen molar-refractivity contribution in [3.63, 3.8) is 0 Å². The maximum Gasteiger partial charge on any atom is 0.252 e. The third kappa shape index (κ3) is 7.71. The number of anilines is 6. The van der Waals surface area contributed by atoms with Crippen molar-refractivity contribution < 1.29 is 9.47 Å². The fourth-order valence-electron chi connectivity index (χ4n) is 11.7. The van der Waals surface area contributed by atoms with Gasteiger partial charge in [-0.15, -0.1) is 11.3 Å². The SMILES string of the molecule is Cc1cc2c3c(c1)N(c1ccc4c(c1)OCO4)c1ccc(C(C)(C)C)cc1B3c1cc(-c3ccc4c(c3)sc3ccccc34)ccc1N2c1cc(-c2ccc(C(C)(C)C)cc2)cc(-c2ccc(C(C)(C)C)cc2)c1. The second-order valence-corrected chi connectivity index (χ2v) is 25.0. The highest BCUT2D eigenvalue weighted by Gasteiger charge is 2.44. The number of ether oxygens (including phenoxy) is 2. The van der Waals surface area contributed by atoms with Gasteiger partial charge < -0.3 is 19.3 Å². The summed E-state index contributed by atoms with van der Waals surface area (Å²) in [7, 11) is 0. The number of hydrogen-bond donors (Lipinski definition) is 0. The molecule has 0 aliphatic carbocycles. The van der Waals surface area contributed by atoms with E-state index in [-0.39, 0.29) is 29.8 Å². The quantitative estimate of drug-likeness (QED) is 0.160. The highest BCUT2D eigenvalue weighted by Crippen LogP contribution is 2.49. The molecule has 0 radical (unpaired) electrons. The molecule has 1 aromatic heterocycles. The Labute approximate surface area is 440 Å². The molecular weight excluding hydrogens is 920 g/mol. The largest absolute Gasteiger partial charge is 0.454 e. The molecule has 0 unspecified atom stereocenters. The van der Waals surface area contributed by atoms with Crippen molar-refractivity contribution in [1.29, 1.82) is 0 Å². The lowest BCUT2D eigenvalue weighted by Gasteiger charge is -2.45. The van der Waals surface area contributed by atoms with E-state index in [1.807, 2.05) is 11.3 Å². The molecule has 3 aliphatic rings. The average Bonchev–Trinajstić information content (AvgIpc) is 4.02. The van der Waals surface area contributed by atoms with Gasteiger partial charge in [-0.1, -0.05) is 165 Å². The number of aryl methyl sites for hydroxylation is 1. The maximum absolute atomic E-state index is 6.08. The first-order valence-corrected chi connectivity index (χ1v) is 27.0. The van der Waals surface area contributed by atoms with Gasteiger partial charge in [0, 0.05) is 54.7 Å². The number of fused-ring (bicyclic) bond motifs is 8. The van der Waals surface area contributed by atoms with Crippen LogP contribution in [0.15, 0.2) is 176 Å². The zero-order valence-electron chi connectivity index (χ0n) is 44.1. The molecule has 13 rings (SSSR count). The van der Waals surface area contributed by atoms with Gasteiger partial charge in [-0.2, -0.15) is 0 Å². The molecule has 364 valence electrons. The van der Waals surface area contributed by atoms with E-state index in [2.05, 4.69) is 255 Å². The predicted octanol–water partition coefficient (Wildman–Crippen LogP) is 17.1. The summed E-state index contributed by atoms with van der Waals surface area (Å²) in [6.07, 6.45) is 0. The molecule has 0 spiro atoms. The van der Waals surface area contributed by atoms with Crippen LogP contribution in [0.25, 0.3) is 53.6 Å². The van der Waals surface area contributed by atoms with E-state index in [1.54, 1.807) is 0 Å². The molecule has 0 N–H and O–H groups in total. The topological polar surface area (TPSA) is 24.9 Å². The Balaban J connectivity index is 1.09. The van der Waals surface area contributed by atoms with E-state index >= 15 is 0 Å². The molecule has 0 bridgehead atoms. The van der Waals surface area contributed by atoms with Crippen LogP contribution < -0.4 is 35.7 Å². The van der Waals surface area contributed by atoms with Gasteiger partial charge >= 0.3 is 0 Å². The first-order valence-electron chi connectivity index (χ1n) is 26.2. The summed E-state index contributed by atoms with van der Waals surface area (Å²) < 4.78 is 14.6. The molecule has 0 fully saturated rings. The molecular formula is C68H61BN2O2S. The van der Waals surface area contributed by atoms with E-state index in [1.165, 1.54) is 115 Å². The first-order chi connectivity index (χ1) is 35.4. The van der Waals surface area contributed by atoms with Gasteiger partial charge in [0.25, 0.3) is 6.71 Å². The van der Waals surface area contributed by atoms with Gasteiger partial charge in [0.05, 0.1) is 5.69 Å². The number of hydrogen-bond acceptors (Lipinski definition) is 5. The van der Waals surface area contributed by atoms with Gasteiger partial charge in [0.1, 0.15) is 0 Å². The van der Waals surface area contributed by atoms with Crippen molar-refractivity contribution in [3.05, 3.63) is 198 Å². The fourth-order valence-corrected chi connectivity index (χ4v) is 12.8. The third-order valence-electron chi connectivity index (χ3n) is 15.7. The fraction of sp³-hybridized carbons (Fsp3) is 0.206. The molecule has 9 aromatic carbocycles. The molecule has 74 heavy (non-hydrogen) atoms. The summed E-state index contributed by atoms with van der Waals surface area (Å²) in [6, 6.07) is 67.3. The van der Waals surface area contributed by atoms with Crippen molar-refractivity contribution in [1.82, 2.24) is 0 Å². The molecule has 4 heterocycles. The zero-order valence-corrected chi connectivity index (χ0v) is 45.0. The molecule has 6 heteroatoms. The second-order valence-electron chi connectivity index (χ2n) is 23.9. The summed E-state index contributed by atoms with van der Waals surface area (Å²) in [4.78, 5) is 5.05. The van der Waals surface area contributed by atoms with Gasteiger partial charge in [0.15, 0.2) is 11.5 Å². The Morgan fingerprint density at radius 2 is 0.932 bits per heavy atom. The normalized spacial score (nSPS) is 13.9. The Hall–Kier alpha value is -7.54. The molecule has 0 saturated heterocycles. The molecule has 0 atom stereocenters.